The molecule has 8 heteroatoms. The highest BCUT2D eigenvalue weighted by molar-refractivity contribution is 6.11. The summed E-state index contributed by atoms with van der Waals surface area (Å²) in [6.45, 7) is 0.983. The van der Waals surface area contributed by atoms with E-state index in [-0.39, 0.29) is 5.71 Å². The number of alkyl halides is 3. The molecule has 0 N–H and O–H groups in total. The van der Waals surface area contributed by atoms with Crippen molar-refractivity contribution in [2.45, 2.75) is 25.1 Å². The van der Waals surface area contributed by atoms with Crippen LogP contribution in [-0.4, -0.2) is 33.1 Å². The summed E-state index contributed by atoms with van der Waals surface area (Å²) in [4.78, 5) is 4.69. The largest absolute Gasteiger partial charge is 0.493 e. The van der Waals surface area contributed by atoms with Gasteiger partial charge in [0.15, 0.2) is 11.5 Å². The molecule has 0 saturated carbocycles. The molecule has 0 heterocycles. The number of nitriles is 1. The molecule has 0 bridgehead atoms. The molecule has 3 rings (SSSR count). The number of nitrogens with zero attached hydrogens (tertiary/aromatic N) is 2. The Kier molecular flexibility index (Phi) is 9.48. The number of halogens is 3. The van der Waals surface area contributed by atoms with Gasteiger partial charge in [0.2, 0.25) is 0 Å². The summed E-state index contributed by atoms with van der Waals surface area (Å²) >= 11 is 0. The van der Waals surface area contributed by atoms with Gasteiger partial charge in [0.1, 0.15) is 11.8 Å². The average Bonchev–Trinajstić information content (AvgIpc) is 2.89. The lowest BCUT2D eigenvalue weighted by Gasteiger charge is -2.18. The lowest BCUT2D eigenvalue weighted by molar-refractivity contribution is -0.137. The molecule has 3 aromatic carbocycles. The van der Waals surface area contributed by atoms with Crippen molar-refractivity contribution in [2.75, 3.05) is 27.4 Å². The van der Waals surface area contributed by atoms with Gasteiger partial charge in [0.25, 0.3) is 0 Å². The number of hydrogen-bond acceptors (Lipinski definition) is 5. The standard InChI is InChI=1S/C28H27F3N2O3/c1-34-15-6-16-36-27-18-22(11-14-26(27)35-2)24(17-20-7-4-3-5-8-20)33-25(19-32)21-9-12-23(13-10-21)28(29,30)31/h3-5,7-14,18,24H,6,15-17H2,1-2H3/b33-25+/t24-/m1/s1. The minimum absolute atomic E-state index is 0.0445. The molecule has 0 aromatic heterocycles. The average molecular weight is 497 g/mol. The topological polar surface area (TPSA) is 63.8 Å². The third-order valence-electron chi connectivity index (χ3n) is 5.47. The van der Waals surface area contributed by atoms with Gasteiger partial charge in [-0.15, -0.1) is 0 Å². The lowest BCUT2D eigenvalue weighted by atomic mass is 9.98. The first-order valence-corrected chi connectivity index (χ1v) is 11.3. The van der Waals surface area contributed by atoms with Crippen molar-refractivity contribution in [3.63, 3.8) is 0 Å². The molecule has 0 radical (unpaired) electrons. The van der Waals surface area contributed by atoms with Crippen molar-refractivity contribution in [3.05, 3.63) is 95.1 Å². The molecule has 5 nitrogen and oxygen atoms in total. The molecule has 0 fully saturated rings. The molecule has 3 aromatic rings. The van der Waals surface area contributed by atoms with E-state index in [9.17, 15) is 18.4 Å². The highest BCUT2D eigenvalue weighted by atomic mass is 19.4. The SMILES string of the molecule is COCCCOc1cc([C@@H](Cc2ccccc2)/N=C(\C#N)c2ccc(C(F)(F)F)cc2)ccc1OC. The zero-order valence-electron chi connectivity index (χ0n) is 20.1. The number of hydrogen-bond donors (Lipinski definition) is 0. The monoisotopic (exact) mass is 496 g/mol. The minimum atomic E-state index is -4.46. The van der Waals surface area contributed by atoms with Crippen molar-refractivity contribution >= 4 is 5.71 Å². The zero-order valence-corrected chi connectivity index (χ0v) is 20.1. The summed E-state index contributed by atoms with van der Waals surface area (Å²) in [7, 11) is 3.17. The maximum atomic E-state index is 13.0. The van der Waals surface area contributed by atoms with E-state index >= 15 is 0 Å². The summed E-state index contributed by atoms with van der Waals surface area (Å²) < 4.78 is 55.4. The van der Waals surface area contributed by atoms with E-state index in [4.69, 9.17) is 14.2 Å². The number of aliphatic imine (C=N–C) groups is 1. The van der Waals surface area contributed by atoms with E-state index in [1.165, 1.54) is 12.1 Å². The third kappa shape index (κ3) is 7.33. The predicted molar refractivity (Wildman–Crippen MR) is 131 cm³/mol. The Morgan fingerprint density at radius 3 is 2.28 bits per heavy atom. The summed E-state index contributed by atoms with van der Waals surface area (Å²) in [5.74, 6) is 1.09. The van der Waals surface area contributed by atoms with Crippen LogP contribution in [0.25, 0.3) is 0 Å². The van der Waals surface area contributed by atoms with Crippen molar-refractivity contribution in [2.24, 2.45) is 4.99 Å². The molecule has 0 amide bonds. The van der Waals surface area contributed by atoms with Crippen LogP contribution in [-0.2, 0) is 17.3 Å². The zero-order chi connectivity index (χ0) is 26.0. The Labute approximate surface area is 208 Å². The fourth-order valence-electron chi connectivity index (χ4n) is 3.62. The van der Waals surface area contributed by atoms with Crippen LogP contribution in [0, 0.1) is 11.3 Å². The van der Waals surface area contributed by atoms with Gasteiger partial charge in [-0.25, -0.2) is 0 Å². The van der Waals surface area contributed by atoms with E-state index in [2.05, 4.69) is 4.99 Å². The Bertz CT molecular complexity index is 1190. The Morgan fingerprint density at radius 2 is 1.67 bits per heavy atom. The van der Waals surface area contributed by atoms with Gasteiger partial charge in [-0.05, 0) is 41.8 Å². The van der Waals surface area contributed by atoms with Crippen LogP contribution in [0.3, 0.4) is 0 Å². The molecular weight excluding hydrogens is 469 g/mol. The van der Waals surface area contributed by atoms with E-state index in [1.54, 1.807) is 20.3 Å². The Hall–Kier alpha value is -3.83. The second kappa shape index (κ2) is 12.8. The second-order valence-corrected chi connectivity index (χ2v) is 7.98. The van der Waals surface area contributed by atoms with Crippen LogP contribution in [0.4, 0.5) is 13.2 Å². The van der Waals surface area contributed by atoms with E-state index in [1.807, 2.05) is 48.5 Å². The van der Waals surface area contributed by atoms with Crippen LogP contribution in [0.15, 0.2) is 77.8 Å². The van der Waals surface area contributed by atoms with Gasteiger partial charge >= 0.3 is 6.18 Å². The van der Waals surface area contributed by atoms with Gasteiger partial charge in [0.05, 0.1) is 25.3 Å². The Balaban J connectivity index is 1.99. The van der Waals surface area contributed by atoms with Gasteiger partial charge in [-0.3, -0.25) is 4.99 Å². The molecule has 0 aliphatic rings. The first kappa shape index (κ1) is 26.8. The Morgan fingerprint density at radius 1 is 0.944 bits per heavy atom. The van der Waals surface area contributed by atoms with Crippen molar-refractivity contribution in [3.8, 4) is 17.6 Å². The summed E-state index contributed by atoms with van der Waals surface area (Å²) in [5.41, 5.74) is 1.35. The molecule has 0 spiro atoms. The van der Waals surface area contributed by atoms with Crippen LogP contribution < -0.4 is 9.47 Å². The number of methoxy groups -OCH3 is 2. The van der Waals surface area contributed by atoms with E-state index in [0.29, 0.717) is 43.1 Å². The fraction of sp³-hybridized carbons (Fsp3) is 0.286. The number of rotatable bonds is 11. The fourth-order valence-corrected chi connectivity index (χ4v) is 3.62. The summed E-state index contributed by atoms with van der Waals surface area (Å²) in [5, 5.41) is 9.81. The van der Waals surface area contributed by atoms with Crippen molar-refractivity contribution in [1.29, 1.82) is 5.26 Å². The van der Waals surface area contributed by atoms with E-state index in [0.717, 1.165) is 23.3 Å². The quantitative estimate of drug-likeness (QED) is 0.227. The van der Waals surface area contributed by atoms with Gasteiger partial charge < -0.3 is 14.2 Å². The third-order valence-corrected chi connectivity index (χ3v) is 5.47. The normalized spacial score (nSPS) is 12.6. The van der Waals surface area contributed by atoms with Gasteiger partial charge in [0, 0.05) is 25.7 Å². The van der Waals surface area contributed by atoms with E-state index < -0.39 is 17.8 Å². The van der Waals surface area contributed by atoms with Gasteiger partial charge in [-0.2, -0.15) is 18.4 Å². The van der Waals surface area contributed by atoms with Crippen LogP contribution in [0.5, 0.6) is 11.5 Å². The maximum absolute atomic E-state index is 13.0. The van der Waals surface area contributed by atoms with Crippen LogP contribution in [0.2, 0.25) is 0 Å². The number of ether oxygens (including phenoxy) is 3. The van der Waals surface area contributed by atoms with Crippen LogP contribution in [0.1, 0.15) is 34.7 Å². The highest BCUT2D eigenvalue weighted by Crippen LogP contribution is 2.34. The molecular formula is C28H27F3N2O3. The molecule has 1 atom stereocenters. The molecule has 0 aliphatic carbocycles. The molecule has 0 saturated heterocycles. The summed E-state index contributed by atoms with van der Waals surface area (Å²) in [6, 6.07) is 21.1. The van der Waals surface area contributed by atoms with Crippen LogP contribution >= 0.6 is 0 Å². The predicted octanol–water partition coefficient (Wildman–Crippen LogP) is 6.43. The molecule has 0 aliphatic heterocycles. The van der Waals surface area contributed by atoms with Crippen molar-refractivity contribution < 1.29 is 27.4 Å². The highest BCUT2D eigenvalue weighted by Gasteiger charge is 2.30. The maximum Gasteiger partial charge on any atom is 0.416 e. The minimum Gasteiger partial charge on any atom is -0.493 e. The summed E-state index contributed by atoms with van der Waals surface area (Å²) in [6.07, 6.45) is -3.29. The van der Waals surface area contributed by atoms with Gasteiger partial charge in [-0.1, -0.05) is 48.5 Å². The molecule has 0 unspecified atom stereocenters. The first-order chi connectivity index (χ1) is 17.4. The second-order valence-electron chi connectivity index (χ2n) is 7.98. The number of benzene rings is 3. The smallest absolute Gasteiger partial charge is 0.416 e. The molecule has 188 valence electrons. The van der Waals surface area contributed by atoms with Crippen molar-refractivity contribution in [1.82, 2.24) is 0 Å². The lowest BCUT2D eigenvalue weighted by Crippen LogP contribution is -2.09. The first-order valence-electron chi connectivity index (χ1n) is 11.3. The molecule has 36 heavy (non-hydrogen) atoms.